The molecule has 0 amide bonds. The second kappa shape index (κ2) is 6.10. The van der Waals surface area contributed by atoms with Crippen molar-refractivity contribution < 1.29 is 4.74 Å². The van der Waals surface area contributed by atoms with E-state index in [1.54, 1.807) is 7.11 Å². The van der Waals surface area contributed by atoms with Gasteiger partial charge in [-0.25, -0.2) is 0 Å². The summed E-state index contributed by atoms with van der Waals surface area (Å²) >= 11 is 3.47. The number of hydrogen-bond acceptors (Lipinski definition) is 2. The molecule has 3 heteroatoms. The van der Waals surface area contributed by atoms with E-state index in [2.05, 4.69) is 45.2 Å². The van der Waals surface area contributed by atoms with Crippen LogP contribution in [-0.2, 0) is 0 Å². The highest BCUT2D eigenvalue weighted by molar-refractivity contribution is 9.10. The zero-order valence-corrected chi connectivity index (χ0v) is 13.2. The number of aliphatic imine (C=N–C) groups is 1. The van der Waals surface area contributed by atoms with Gasteiger partial charge in [0.1, 0.15) is 5.75 Å². The maximum absolute atomic E-state index is 5.35. The lowest BCUT2D eigenvalue weighted by Crippen LogP contribution is -1.90. The van der Waals surface area contributed by atoms with Crippen LogP contribution in [0.4, 0.5) is 5.69 Å². The Bertz CT molecular complexity index is 811. The maximum Gasteiger partial charge on any atom is 0.127 e. The summed E-state index contributed by atoms with van der Waals surface area (Å²) in [6.45, 7) is 0. The summed E-state index contributed by atoms with van der Waals surface area (Å²) in [5.74, 6) is 0.808. The Labute approximate surface area is 132 Å². The summed E-state index contributed by atoms with van der Waals surface area (Å²) in [6, 6.07) is 20.3. The van der Waals surface area contributed by atoms with E-state index in [4.69, 9.17) is 4.74 Å². The summed E-state index contributed by atoms with van der Waals surface area (Å²) < 4.78 is 6.35. The van der Waals surface area contributed by atoms with Crippen molar-refractivity contribution >= 4 is 38.6 Å². The summed E-state index contributed by atoms with van der Waals surface area (Å²) in [7, 11) is 1.66. The molecule has 0 heterocycles. The number of benzene rings is 3. The predicted molar refractivity (Wildman–Crippen MR) is 91.9 cm³/mol. The number of halogens is 1. The number of rotatable bonds is 3. The summed E-state index contributed by atoms with van der Waals surface area (Å²) in [5.41, 5.74) is 1.87. The molecule has 0 N–H and O–H groups in total. The van der Waals surface area contributed by atoms with Gasteiger partial charge in [-0.15, -0.1) is 0 Å². The molecule has 21 heavy (non-hydrogen) atoms. The van der Waals surface area contributed by atoms with Gasteiger partial charge in [0.15, 0.2) is 0 Å². The predicted octanol–water partition coefficient (Wildman–Crippen LogP) is 5.36. The number of ether oxygens (including phenoxy) is 1. The van der Waals surface area contributed by atoms with Crippen molar-refractivity contribution in [3.05, 3.63) is 70.7 Å². The van der Waals surface area contributed by atoms with E-state index in [1.165, 1.54) is 10.8 Å². The minimum Gasteiger partial charge on any atom is -0.496 e. The zero-order valence-electron chi connectivity index (χ0n) is 11.6. The first-order chi connectivity index (χ1) is 10.3. The Morgan fingerprint density at radius 2 is 1.76 bits per heavy atom. The smallest absolute Gasteiger partial charge is 0.127 e. The first-order valence-electron chi connectivity index (χ1n) is 6.63. The first-order valence-corrected chi connectivity index (χ1v) is 7.42. The normalized spacial score (nSPS) is 11.1. The molecule has 0 bridgehead atoms. The van der Waals surface area contributed by atoms with Gasteiger partial charge < -0.3 is 4.74 Å². The molecule has 3 rings (SSSR count). The van der Waals surface area contributed by atoms with Gasteiger partial charge in [-0.2, -0.15) is 0 Å². The second-order valence-corrected chi connectivity index (χ2v) is 5.59. The molecule has 0 aliphatic rings. The van der Waals surface area contributed by atoms with Crippen LogP contribution in [0.15, 0.2) is 70.1 Å². The molecule has 3 aromatic carbocycles. The third-order valence-corrected chi connectivity index (χ3v) is 3.77. The lowest BCUT2D eigenvalue weighted by Gasteiger charge is -2.04. The van der Waals surface area contributed by atoms with Crippen LogP contribution in [-0.4, -0.2) is 13.3 Å². The van der Waals surface area contributed by atoms with Gasteiger partial charge in [-0.3, -0.25) is 4.99 Å². The molecular weight excluding hydrogens is 326 g/mol. The van der Waals surface area contributed by atoms with E-state index in [0.717, 1.165) is 21.5 Å². The van der Waals surface area contributed by atoms with Gasteiger partial charge in [0.05, 0.1) is 12.8 Å². The molecule has 3 aromatic rings. The average Bonchev–Trinajstić information content (AvgIpc) is 2.53. The molecule has 0 aromatic heterocycles. The van der Waals surface area contributed by atoms with E-state index in [1.807, 2.05) is 42.6 Å². The monoisotopic (exact) mass is 339 g/mol. The van der Waals surface area contributed by atoms with Gasteiger partial charge in [0.2, 0.25) is 0 Å². The Balaban J connectivity index is 1.96. The second-order valence-electron chi connectivity index (χ2n) is 4.68. The number of methoxy groups -OCH3 is 1. The molecule has 0 aliphatic heterocycles. The largest absolute Gasteiger partial charge is 0.496 e. The molecule has 0 saturated carbocycles. The van der Waals surface area contributed by atoms with Crippen molar-refractivity contribution in [2.45, 2.75) is 0 Å². The van der Waals surface area contributed by atoms with E-state index in [9.17, 15) is 0 Å². The van der Waals surface area contributed by atoms with Crippen LogP contribution in [0.5, 0.6) is 5.75 Å². The van der Waals surface area contributed by atoms with Crippen LogP contribution in [0.3, 0.4) is 0 Å². The molecule has 104 valence electrons. The van der Waals surface area contributed by atoms with Crippen LogP contribution in [0.2, 0.25) is 0 Å². The van der Waals surface area contributed by atoms with Crippen molar-refractivity contribution in [3.63, 3.8) is 0 Å². The highest BCUT2D eigenvalue weighted by Gasteiger charge is 2.01. The van der Waals surface area contributed by atoms with Crippen LogP contribution in [0.25, 0.3) is 10.8 Å². The van der Waals surface area contributed by atoms with Crippen molar-refractivity contribution in [2.75, 3.05) is 7.11 Å². The van der Waals surface area contributed by atoms with Crippen molar-refractivity contribution in [1.82, 2.24) is 0 Å². The van der Waals surface area contributed by atoms with Gasteiger partial charge in [0, 0.05) is 16.3 Å². The minimum absolute atomic E-state index is 0.808. The summed E-state index contributed by atoms with van der Waals surface area (Å²) in [4.78, 5) is 4.55. The minimum atomic E-state index is 0.808. The van der Waals surface area contributed by atoms with Gasteiger partial charge in [0.25, 0.3) is 0 Å². The number of fused-ring (bicyclic) bond motifs is 1. The Hall–Kier alpha value is -2.13. The van der Waals surface area contributed by atoms with Crippen molar-refractivity contribution in [2.24, 2.45) is 4.99 Å². The maximum atomic E-state index is 5.35. The lowest BCUT2D eigenvalue weighted by atomic mass is 10.1. The molecule has 0 unspecified atom stereocenters. The average molecular weight is 340 g/mol. The molecule has 0 radical (unpaired) electrons. The Morgan fingerprint density at radius 1 is 0.952 bits per heavy atom. The highest BCUT2D eigenvalue weighted by atomic mass is 79.9. The van der Waals surface area contributed by atoms with Gasteiger partial charge in [-0.05, 0) is 41.1 Å². The van der Waals surface area contributed by atoms with Crippen LogP contribution < -0.4 is 4.74 Å². The Morgan fingerprint density at radius 3 is 2.57 bits per heavy atom. The van der Waals surface area contributed by atoms with E-state index in [0.29, 0.717) is 0 Å². The highest BCUT2D eigenvalue weighted by Crippen LogP contribution is 2.24. The fourth-order valence-corrected chi connectivity index (χ4v) is 2.59. The molecule has 0 atom stereocenters. The molecule has 0 aliphatic carbocycles. The molecular formula is C18H14BrNO. The van der Waals surface area contributed by atoms with E-state index in [-0.39, 0.29) is 0 Å². The molecule has 0 spiro atoms. The SMILES string of the molecule is COc1ccc(Br)cc1C=Nc1ccc2ccccc2c1. The van der Waals surface area contributed by atoms with Crippen molar-refractivity contribution in [3.8, 4) is 5.75 Å². The topological polar surface area (TPSA) is 21.6 Å². The van der Waals surface area contributed by atoms with Crippen LogP contribution in [0.1, 0.15) is 5.56 Å². The molecule has 2 nitrogen and oxygen atoms in total. The van der Waals surface area contributed by atoms with Crippen LogP contribution >= 0.6 is 15.9 Å². The van der Waals surface area contributed by atoms with Gasteiger partial charge in [-0.1, -0.05) is 46.3 Å². The van der Waals surface area contributed by atoms with Gasteiger partial charge >= 0.3 is 0 Å². The van der Waals surface area contributed by atoms with E-state index < -0.39 is 0 Å². The number of hydrogen-bond donors (Lipinski definition) is 0. The summed E-state index contributed by atoms with van der Waals surface area (Å²) in [6.07, 6.45) is 1.83. The number of nitrogens with zero attached hydrogens (tertiary/aromatic N) is 1. The molecule has 0 fully saturated rings. The third-order valence-electron chi connectivity index (χ3n) is 3.28. The van der Waals surface area contributed by atoms with Crippen molar-refractivity contribution in [1.29, 1.82) is 0 Å². The first kappa shape index (κ1) is 13.8. The fourth-order valence-electron chi connectivity index (χ4n) is 2.21. The molecule has 0 saturated heterocycles. The Kier molecular flexibility index (Phi) is 4.02. The standard InChI is InChI=1S/C18H14BrNO/c1-21-18-9-7-16(19)10-15(18)12-20-17-8-6-13-4-2-3-5-14(13)11-17/h2-12H,1H3. The van der Waals surface area contributed by atoms with Crippen LogP contribution in [0, 0.1) is 0 Å². The quantitative estimate of drug-likeness (QED) is 0.588. The lowest BCUT2D eigenvalue weighted by molar-refractivity contribution is 0.414. The van der Waals surface area contributed by atoms with E-state index >= 15 is 0 Å². The third kappa shape index (κ3) is 3.14. The zero-order chi connectivity index (χ0) is 14.7. The summed E-state index contributed by atoms with van der Waals surface area (Å²) in [5, 5.41) is 2.41. The fraction of sp³-hybridized carbons (Fsp3) is 0.0556.